The molecule has 0 aromatic carbocycles. The molecule has 1 aliphatic carbocycles. The van der Waals surface area contributed by atoms with E-state index in [4.69, 9.17) is 29.7 Å². The zero-order chi connectivity index (χ0) is 41.8. The van der Waals surface area contributed by atoms with Crippen LogP contribution in [-0.2, 0) is 25.5 Å². The van der Waals surface area contributed by atoms with Crippen LogP contribution in [0.3, 0.4) is 0 Å². The average molecular weight is 809 g/mol. The number of rotatable bonds is 16. The molecule has 0 amide bonds. The summed E-state index contributed by atoms with van der Waals surface area (Å²) in [6.07, 6.45) is 18.1. The summed E-state index contributed by atoms with van der Waals surface area (Å²) < 4.78 is 11.0. The van der Waals surface area contributed by atoms with Gasteiger partial charge in [0.05, 0.1) is 7.11 Å². The number of hydrogen-bond acceptors (Lipinski definition) is 5. The Hall–Kier alpha value is -4.28. The molecule has 0 saturated carbocycles. The summed E-state index contributed by atoms with van der Waals surface area (Å²) >= 11 is 0. The molecule has 0 spiro atoms. The molecular formula is C49H60MgN4O5-2. The van der Waals surface area contributed by atoms with Gasteiger partial charge in [0.1, 0.15) is 12.5 Å². The molecule has 310 valence electrons. The van der Waals surface area contributed by atoms with E-state index in [1.165, 1.54) is 38.4 Å². The Balaban J connectivity index is 0.00000661. The first-order chi connectivity index (χ1) is 27.8. The van der Waals surface area contributed by atoms with Gasteiger partial charge in [0.15, 0.2) is 5.78 Å². The third-order valence-electron chi connectivity index (χ3n) is 12.4. The third kappa shape index (κ3) is 9.86. The van der Waals surface area contributed by atoms with Crippen LogP contribution in [0.4, 0.5) is 0 Å². The van der Waals surface area contributed by atoms with E-state index >= 15 is 0 Å². The predicted molar refractivity (Wildman–Crippen MR) is 237 cm³/mol. The van der Waals surface area contributed by atoms with E-state index < -0.39 is 11.9 Å². The van der Waals surface area contributed by atoms with Gasteiger partial charge in [-0.15, -0.1) is 33.5 Å². The Kier molecular flexibility index (Phi) is 15.4. The van der Waals surface area contributed by atoms with Gasteiger partial charge in [-0.1, -0.05) is 125 Å². The first kappa shape index (κ1) is 45.8. The largest absolute Gasteiger partial charge is 2.00 e. The van der Waals surface area contributed by atoms with Crippen molar-refractivity contribution < 1.29 is 23.9 Å². The van der Waals surface area contributed by atoms with Crippen LogP contribution < -0.4 is 25.7 Å². The summed E-state index contributed by atoms with van der Waals surface area (Å²) in [4.78, 5) is 56.1. The second kappa shape index (κ2) is 19.9. The molecule has 0 N–H and O–H groups in total. The number of methoxy groups -OCH3 is 1. The van der Waals surface area contributed by atoms with Gasteiger partial charge < -0.3 is 29.7 Å². The Morgan fingerprint density at radius 3 is 2.37 bits per heavy atom. The summed E-state index contributed by atoms with van der Waals surface area (Å²) in [5, 5.41) is 6.77. The minimum absolute atomic E-state index is 0. The van der Waals surface area contributed by atoms with Crippen molar-refractivity contribution in [3.05, 3.63) is 102 Å². The van der Waals surface area contributed by atoms with Gasteiger partial charge in [-0.25, -0.2) is 0 Å². The number of carbonyl (C=O) groups is 3. The van der Waals surface area contributed by atoms with Crippen molar-refractivity contribution >= 4 is 70.7 Å². The standard InChI is InChI=1S/C49H61N4O5.Mg/c1-11-33-23-34-24-37-31(8)36(19-20-42(54)58-22-21-29(6)18-14-17-28(5)16-13-15-27(3)4)46(52-37)44-45(49(56)57-10)48(55)43-32(9)39(53-47(43)44)26-41-35(12-2)30(7)38(51-41)25-40(33)50-34;/h11,21,23-28,31,36,45H,1,12-20,22H2,2-10H3,(H-,52,53,55);/q-3;+2/p-1/b29-21+,37-24-,38-25-,41-26-;/t28-,31+,36+,45-;/m1./s1. The average Bonchev–Trinajstić information content (AvgIpc) is 3.95. The Bertz CT molecular complexity index is 2300. The van der Waals surface area contributed by atoms with Gasteiger partial charge in [0.2, 0.25) is 0 Å². The SMILES string of the molecule is C=Cc1cc2[n-]c1/C=c1\[n-]/c(c(CC)c1C)=C\c1[n-]c3c(c1C)C(=O)[C@H](C(=O)OC)/C3=C1/[N-]/C(=C\2)[C@@H](C)[C@@H]1CCC(=O)OC/C=C(\C)CCC[C@H](C)CCCC(C)C.[Mg+2]. The van der Waals surface area contributed by atoms with Crippen LogP contribution in [0, 0.1) is 43.4 Å². The number of nitrogens with zero attached hydrogens (tertiary/aromatic N) is 4. The first-order valence-electron chi connectivity index (χ1n) is 21.2. The summed E-state index contributed by atoms with van der Waals surface area (Å²) in [5.41, 5.74) is 9.59. The molecule has 1 saturated heterocycles. The molecule has 5 heterocycles. The van der Waals surface area contributed by atoms with Gasteiger partial charge in [-0.3, -0.25) is 14.4 Å². The quantitative estimate of drug-likeness (QED) is 0.0613. The minimum Gasteiger partial charge on any atom is -0.664 e. The molecule has 4 atom stereocenters. The van der Waals surface area contributed by atoms with E-state index in [-0.39, 0.29) is 59.7 Å². The van der Waals surface area contributed by atoms with E-state index in [0.717, 1.165) is 69.9 Å². The molecule has 59 heavy (non-hydrogen) atoms. The fraction of sp³-hybridized carbons (Fsp3) is 0.490. The topological polar surface area (TPSA) is 126 Å². The first-order valence-corrected chi connectivity index (χ1v) is 21.2. The van der Waals surface area contributed by atoms with Gasteiger partial charge >= 0.3 is 35.0 Å². The Labute approximate surface area is 366 Å². The van der Waals surface area contributed by atoms with Crippen molar-refractivity contribution in [2.45, 2.75) is 113 Å². The molecule has 10 heteroatoms. The maximum absolute atomic E-state index is 14.3. The number of carbonyl (C=O) groups excluding carboxylic acids is 3. The molecular weight excluding hydrogens is 749 g/mol. The normalized spacial score (nSPS) is 22.1. The molecule has 3 aromatic heterocycles. The fourth-order valence-corrected chi connectivity index (χ4v) is 8.84. The van der Waals surface area contributed by atoms with Crippen LogP contribution in [0.15, 0.2) is 35.7 Å². The molecule has 6 rings (SSSR count). The Morgan fingerprint density at radius 2 is 1.68 bits per heavy atom. The molecule has 3 aromatic rings. The van der Waals surface area contributed by atoms with Crippen LogP contribution >= 0.6 is 0 Å². The fourth-order valence-electron chi connectivity index (χ4n) is 8.84. The number of ether oxygens (including phenoxy) is 2. The van der Waals surface area contributed by atoms with E-state index in [1.54, 1.807) is 6.08 Å². The molecule has 8 bridgehead atoms. The van der Waals surface area contributed by atoms with Crippen LogP contribution in [-0.4, -0.2) is 54.5 Å². The molecule has 1 fully saturated rings. The molecule has 0 unspecified atom stereocenters. The number of aromatic nitrogens is 3. The van der Waals surface area contributed by atoms with Crippen molar-refractivity contribution in [3.8, 4) is 0 Å². The van der Waals surface area contributed by atoms with Gasteiger partial charge in [0.25, 0.3) is 0 Å². The van der Waals surface area contributed by atoms with Crippen LogP contribution in [0.2, 0.25) is 0 Å². The van der Waals surface area contributed by atoms with Crippen molar-refractivity contribution in [3.63, 3.8) is 0 Å². The number of esters is 2. The van der Waals surface area contributed by atoms with Crippen LogP contribution in [0.5, 0.6) is 0 Å². The molecule has 2 aliphatic heterocycles. The van der Waals surface area contributed by atoms with E-state index in [9.17, 15) is 14.4 Å². The zero-order valence-electron chi connectivity index (χ0n) is 36.7. The van der Waals surface area contributed by atoms with Crippen molar-refractivity contribution in [2.24, 2.45) is 29.6 Å². The number of hydrogen-bond donors (Lipinski definition) is 0. The van der Waals surface area contributed by atoms with Crippen LogP contribution in [0.1, 0.15) is 148 Å². The van der Waals surface area contributed by atoms with E-state index in [1.807, 2.05) is 37.3 Å². The summed E-state index contributed by atoms with van der Waals surface area (Å²) in [6.45, 7) is 21.4. The minimum atomic E-state index is -1.22. The maximum Gasteiger partial charge on any atom is 2.00 e. The zero-order valence-corrected chi connectivity index (χ0v) is 38.1. The van der Waals surface area contributed by atoms with E-state index in [2.05, 4.69) is 55.0 Å². The number of ketones is 1. The van der Waals surface area contributed by atoms with Crippen molar-refractivity contribution in [1.29, 1.82) is 0 Å². The summed E-state index contributed by atoms with van der Waals surface area (Å²) in [6, 6.07) is 1.97. The predicted octanol–water partition coefficient (Wildman–Crippen LogP) is 8.25. The summed E-state index contributed by atoms with van der Waals surface area (Å²) in [7, 11) is 1.29. The Morgan fingerprint density at radius 1 is 0.949 bits per heavy atom. The second-order valence-corrected chi connectivity index (χ2v) is 17.0. The van der Waals surface area contributed by atoms with E-state index in [0.29, 0.717) is 45.9 Å². The molecule has 0 radical (unpaired) electrons. The molecule has 9 nitrogen and oxygen atoms in total. The summed E-state index contributed by atoms with van der Waals surface area (Å²) in [5.74, 6) is -1.55. The number of Topliss-reactive ketones (excluding diaryl/α,β-unsaturated/α-hetero) is 1. The van der Waals surface area contributed by atoms with Gasteiger partial charge in [0, 0.05) is 12.0 Å². The van der Waals surface area contributed by atoms with Gasteiger partial charge in [-0.05, 0) is 81.8 Å². The number of allylic oxidation sites excluding steroid dienone is 3. The monoisotopic (exact) mass is 808 g/mol. The second-order valence-electron chi connectivity index (χ2n) is 17.0. The maximum atomic E-state index is 14.3. The van der Waals surface area contributed by atoms with Gasteiger partial charge in [-0.2, -0.15) is 11.4 Å². The van der Waals surface area contributed by atoms with Crippen molar-refractivity contribution in [1.82, 2.24) is 15.0 Å². The molecule has 3 aliphatic rings. The third-order valence-corrected chi connectivity index (χ3v) is 12.4. The smallest absolute Gasteiger partial charge is 0.664 e. The van der Waals surface area contributed by atoms with Crippen molar-refractivity contribution in [2.75, 3.05) is 13.7 Å². The number of fused-ring (bicyclic) bond motifs is 7. The van der Waals surface area contributed by atoms with Crippen LogP contribution in [0.25, 0.3) is 35.2 Å².